The molecule has 0 radical (unpaired) electrons. The van der Waals surface area contributed by atoms with Gasteiger partial charge in [0.2, 0.25) is 12.2 Å². The predicted molar refractivity (Wildman–Crippen MR) is 125 cm³/mol. The van der Waals surface area contributed by atoms with Gasteiger partial charge in [-0.25, -0.2) is 0 Å². The smallest absolute Gasteiger partial charge is 0.229 e. The Morgan fingerprint density at radius 2 is 1.94 bits per heavy atom. The van der Waals surface area contributed by atoms with Crippen molar-refractivity contribution in [2.24, 2.45) is 4.99 Å². The minimum Gasteiger partial charge on any atom is -0.490 e. The Kier molecular flexibility index (Phi) is 5.76. The van der Waals surface area contributed by atoms with Gasteiger partial charge in [0, 0.05) is 24.8 Å². The molecule has 1 saturated heterocycles. The monoisotopic (exact) mass is 464 g/mol. The molecule has 0 spiro atoms. The number of aliphatic hydroxyl groups is 1. The van der Waals surface area contributed by atoms with Crippen LogP contribution >= 0.6 is 0 Å². The lowest BCUT2D eigenvalue weighted by molar-refractivity contribution is 0.0404. The number of rotatable bonds is 5. The second kappa shape index (κ2) is 9.19. The molecule has 6 rings (SSSR count). The van der Waals surface area contributed by atoms with Crippen LogP contribution in [0.15, 0.2) is 53.5 Å². The first-order valence-electron chi connectivity index (χ1n) is 11.9. The van der Waals surface area contributed by atoms with Crippen LogP contribution in [0.5, 0.6) is 17.2 Å². The molecule has 0 amide bonds. The Morgan fingerprint density at radius 3 is 2.82 bits per heavy atom. The third kappa shape index (κ3) is 4.31. The van der Waals surface area contributed by atoms with E-state index in [9.17, 15) is 5.11 Å². The lowest BCUT2D eigenvalue weighted by Gasteiger charge is -2.37. The van der Waals surface area contributed by atoms with Crippen LogP contribution in [-0.2, 0) is 15.9 Å². The minimum absolute atomic E-state index is 0.0987. The number of hydrogen-bond acceptors (Lipinski definition) is 8. The Balaban J connectivity index is 1.13. The SMILES string of the molecule is OC1N=C(OCC2CCCO2)C=C2c3ccc(OCC4COc5ccccc5O4)cc3CCN21. The molecule has 0 saturated carbocycles. The van der Waals surface area contributed by atoms with Crippen LogP contribution in [0, 0.1) is 0 Å². The van der Waals surface area contributed by atoms with E-state index in [2.05, 4.69) is 11.1 Å². The summed E-state index contributed by atoms with van der Waals surface area (Å²) < 4.78 is 29.3. The summed E-state index contributed by atoms with van der Waals surface area (Å²) in [6.07, 6.45) is 3.73. The van der Waals surface area contributed by atoms with Gasteiger partial charge in [-0.2, -0.15) is 4.99 Å². The number of benzene rings is 2. The van der Waals surface area contributed by atoms with Crippen LogP contribution in [0.3, 0.4) is 0 Å². The molecule has 3 unspecified atom stereocenters. The van der Waals surface area contributed by atoms with E-state index in [1.165, 1.54) is 5.56 Å². The summed E-state index contributed by atoms with van der Waals surface area (Å²) in [5.41, 5.74) is 3.13. The molecular formula is C26H28N2O6. The highest BCUT2D eigenvalue weighted by atomic mass is 16.6. The highest BCUT2D eigenvalue weighted by Crippen LogP contribution is 2.35. The molecule has 0 aromatic heterocycles. The molecule has 1 fully saturated rings. The molecule has 178 valence electrons. The first-order valence-corrected chi connectivity index (χ1v) is 11.9. The Morgan fingerprint density at radius 1 is 1.06 bits per heavy atom. The maximum absolute atomic E-state index is 10.6. The van der Waals surface area contributed by atoms with Crippen molar-refractivity contribution in [2.45, 2.75) is 37.8 Å². The van der Waals surface area contributed by atoms with Crippen LogP contribution in [0.4, 0.5) is 0 Å². The summed E-state index contributed by atoms with van der Waals surface area (Å²) in [6, 6.07) is 13.7. The Labute approximate surface area is 198 Å². The standard InChI is InChI=1S/C26H28N2O6/c29-26-27-25(33-14-19-4-3-11-30-19)13-22-21-8-7-18(12-17(21)9-10-28(22)26)31-15-20-16-32-23-5-1-2-6-24(23)34-20/h1-2,5-8,12-13,19-20,26,29H,3-4,9-11,14-16H2. The Bertz CT molecular complexity index is 1110. The van der Waals surface area contributed by atoms with Gasteiger partial charge in [-0.1, -0.05) is 12.1 Å². The first-order chi connectivity index (χ1) is 16.7. The van der Waals surface area contributed by atoms with Gasteiger partial charge < -0.3 is 33.7 Å². The molecular weight excluding hydrogens is 436 g/mol. The van der Waals surface area contributed by atoms with E-state index in [1.54, 1.807) is 0 Å². The third-order valence-corrected chi connectivity index (χ3v) is 6.51. The largest absolute Gasteiger partial charge is 0.490 e. The molecule has 4 heterocycles. The van der Waals surface area contributed by atoms with E-state index in [4.69, 9.17) is 23.7 Å². The van der Waals surface area contributed by atoms with Crippen molar-refractivity contribution in [2.75, 3.05) is 33.0 Å². The van der Waals surface area contributed by atoms with Gasteiger partial charge in [0.15, 0.2) is 17.6 Å². The van der Waals surface area contributed by atoms with Crippen molar-refractivity contribution in [3.05, 3.63) is 59.7 Å². The van der Waals surface area contributed by atoms with Crippen LogP contribution in [0.2, 0.25) is 0 Å². The Hall–Kier alpha value is -3.23. The van der Waals surface area contributed by atoms with Crippen molar-refractivity contribution >= 4 is 11.6 Å². The molecule has 0 bridgehead atoms. The van der Waals surface area contributed by atoms with Gasteiger partial charge >= 0.3 is 0 Å². The molecule has 1 N–H and O–H groups in total. The maximum Gasteiger partial charge on any atom is 0.229 e. The minimum atomic E-state index is -0.949. The molecule has 2 aromatic rings. The van der Waals surface area contributed by atoms with E-state index in [0.717, 1.165) is 54.4 Å². The predicted octanol–water partition coefficient (Wildman–Crippen LogP) is 2.99. The number of ether oxygens (including phenoxy) is 5. The summed E-state index contributed by atoms with van der Waals surface area (Å²) in [4.78, 5) is 6.20. The van der Waals surface area contributed by atoms with Gasteiger partial charge in [0.25, 0.3) is 0 Å². The summed E-state index contributed by atoms with van der Waals surface area (Å²) in [5.74, 6) is 2.74. The number of nitrogens with zero attached hydrogens (tertiary/aromatic N) is 2. The molecule has 8 nitrogen and oxygen atoms in total. The van der Waals surface area contributed by atoms with Crippen molar-refractivity contribution in [1.29, 1.82) is 0 Å². The number of para-hydroxylation sites is 2. The number of fused-ring (bicyclic) bond motifs is 4. The zero-order valence-electron chi connectivity index (χ0n) is 18.9. The average molecular weight is 465 g/mol. The highest BCUT2D eigenvalue weighted by Gasteiger charge is 2.30. The van der Waals surface area contributed by atoms with Crippen LogP contribution in [0.1, 0.15) is 24.0 Å². The second-order valence-electron chi connectivity index (χ2n) is 8.86. The molecule has 34 heavy (non-hydrogen) atoms. The van der Waals surface area contributed by atoms with Crippen molar-refractivity contribution in [3.8, 4) is 17.2 Å². The number of aliphatic hydroxyl groups excluding tert-OH is 1. The topological polar surface area (TPSA) is 82.0 Å². The lowest BCUT2D eigenvalue weighted by atomic mass is 9.95. The molecule has 0 aliphatic carbocycles. The fraction of sp³-hybridized carbons (Fsp3) is 0.423. The lowest BCUT2D eigenvalue weighted by Crippen LogP contribution is -2.40. The number of hydrogen-bond donors (Lipinski definition) is 1. The quantitative estimate of drug-likeness (QED) is 0.729. The molecule has 4 aliphatic heterocycles. The fourth-order valence-electron chi connectivity index (χ4n) is 4.74. The maximum atomic E-state index is 10.6. The first kappa shape index (κ1) is 21.3. The van der Waals surface area contributed by atoms with E-state index in [1.807, 2.05) is 47.4 Å². The van der Waals surface area contributed by atoms with Crippen molar-refractivity contribution in [3.63, 3.8) is 0 Å². The molecule has 2 aromatic carbocycles. The fourth-order valence-corrected chi connectivity index (χ4v) is 4.74. The zero-order valence-corrected chi connectivity index (χ0v) is 18.9. The van der Waals surface area contributed by atoms with Crippen molar-refractivity contribution < 1.29 is 28.8 Å². The summed E-state index contributed by atoms with van der Waals surface area (Å²) in [7, 11) is 0. The summed E-state index contributed by atoms with van der Waals surface area (Å²) >= 11 is 0. The van der Waals surface area contributed by atoms with Crippen LogP contribution in [0.25, 0.3) is 5.70 Å². The van der Waals surface area contributed by atoms with Gasteiger partial charge in [-0.05, 0) is 55.2 Å². The van der Waals surface area contributed by atoms with Gasteiger partial charge in [-0.15, -0.1) is 0 Å². The summed E-state index contributed by atoms with van der Waals surface area (Å²) in [5, 5.41) is 10.6. The molecule has 8 heteroatoms. The van der Waals surface area contributed by atoms with Gasteiger partial charge in [0.1, 0.15) is 25.6 Å². The molecule has 4 aliphatic rings. The summed E-state index contributed by atoms with van der Waals surface area (Å²) in [6.45, 7) is 2.75. The normalized spacial score (nSPS) is 25.1. The van der Waals surface area contributed by atoms with E-state index >= 15 is 0 Å². The molecule has 3 atom stereocenters. The van der Waals surface area contributed by atoms with E-state index in [0.29, 0.717) is 32.3 Å². The van der Waals surface area contributed by atoms with Gasteiger partial charge in [-0.3, -0.25) is 0 Å². The zero-order chi connectivity index (χ0) is 22.9. The third-order valence-electron chi connectivity index (χ3n) is 6.51. The van der Waals surface area contributed by atoms with E-state index < -0.39 is 6.35 Å². The number of aliphatic imine (C=N–C) groups is 1. The van der Waals surface area contributed by atoms with E-state index in [-0.39, 0.29) is 12.2 Å². The second-order valence-corrected chi connectivity index (χ2v) is 8.86. The van der Waals surface area contributed by atoms with Gasteiger partial charge in [0.05, 0.1) is 11.8 Å². The van der Waals surface area contributed by atoms with Crippen LogP contribution in [-0.4, -0.2) is 67.4 Å². The van der Waals surface area contributed by atoms with Crippen molar-refractivity contribution in [1.82, 2.24) is 4.90 Å². The average Bonchev–Trinajstić information content (AvgIpc) is 3.39. The van der Waals surface area contributed by atoms with Crippen LogP contribution < -0.4 is 14.2 Å². The highest BCUT2D eigenvalue weighted by molar-refractivity contribution is 5.97.